The monoisotopic (exact) mass is 405 g/mol. The number of primary amides is 1. The minimum Gasteiger partial charge on any atom is -0.452 e. The van der Waals surface area contributed by atoms with Crippen LogP contribution in [0.1, 0.15) is 37.7 Å². The molecule has 1 aromatic heterocycles. The SMILES string of the molecule is Cc1cc(C(=O)OCC(=O)Nc2ccc(C(N)=O)cc2)c(C)n1Cc1ccccc1. The number of aryl methyl sites for hydroxylation is 1. The van der Waals surface area contributed by atoms with Crippen molar-refractivity contribution in [3.05, 3.63) is 88.7 Å². The van der Waals surface area contributed by atoms with E-state index in [0.29, 0.717) is 23.4 Å². The van der Waals surface area contributed by atoms with E-state index in [4.69, 9.17) is 10.5 Å². The van der Waals surface area contributed by atoms with Crippen molar-refractivity contribution in [2.45, 2.75) is 20.4 Å². The third-order valence-electron chi connectivity index (χ3n) is 4.76. The van der Waals surface area contributed by atoms with Crippen LogP contribution in [0.3, 0.4) is 0 Å². The number of amides is 2. The van der Waals surface area contributed by atoms with Crippen molar-refractivity contribution >= 4 is 23.5 Å². The fourth-order valence-corrected chi connectivity index (χ4v) is 3.14. The quantitative estimate of drug-likeness (QED) is 0.590. The molecule has 0 radical (unpaired) electrons. The van der Waals surface area contributed by atoms with Crippen LogP contribution in [0.4, 0.5) is 5.69 Å². The van der Waals surface area contributed by atoms with Crippen LogP contribution in [-0.2, 0) is 16.1 Å². The van der Waals surface area contributed by atoms with E-state index in [1.165, 1.54) is 12.1 Å². The summed E-state index contributed by atoms with van der Waals surface area (Å²) in [4.78, 5) is 35.7. The molecule has 7 nitrogen and oxygen atoms in total. The number of benzene rings is 2. The maximum Gasteiger partial charge on any atom is 0.340 e. The number of aromatic nitrogens is 1. The molecule has 30 heavy (non-hydrogen) atoms. The molecule has 0 fully saturated rings. The molecular weight excluding hydrogens is 382 g/mol. The number of nitrogens with zero attached hydrogens (tertiary/aromatic N) is 1. The van der Waals surface area contributed by atoms with Crippen LogP contribution >= 0.6 is 0 Å². The number of nitrogens with one attached hydrogen (secondary N) is 1. The zero-order valence-corrected chi connectivity index (χ0v) is 16.8. The molecule has 2 aromatic carbocycles. The van der Waals surface area contributed by atoms with E-state index in [-0.39, 0.29) is 0 Å². The molecule has 0 aliphatic carbocycles. The van der Waals surface area contributed by atoms with Crippen molar-refractivity contribution in [1.29, 1.82) is 0 Å². The van der Waals surface area contributed by atoms with Gasteiger partial charge in [-0.15, -0.1) is 0 Å². The van der Waals surface area contributed by atoms with Gasteiger partial charge in [0, 0.05) is 29.2 Å². The van der Waals surface area contributed by atoms with Crippen LogP contribution < -0.4 is 11.1 Å². The molecular formula is C23H23N3O4. The second kappa shape index (κ2) is 9.09. The molecule has 0 spiro atoms. The average Bonchev–Trinajstić information content (AvgIpc) is 3.01. The number of ether oxygens (including phenoxy) is 1. The summed E-state index contributed by atoms with van der Waals surface area (Å²) < 4.78 is 7.22. The van der Waals surface area contributed by atoms with E-state index in [1.807, 2.05) is 48.7 Å². The molecule has 3 N–H and O–H groups in total. The Kier molecular flexibility index (Phi) is 6.32. The lowest BCUT2D eigenvalue weighted by Gasteiger charge is -2.10. The van der Waals surface area contributed by atoms with Crippen molar-refractivity contribution in [2.24, 2.45) is 5.73 Å². The van der Waals surface area contributed by atoms with E-state index >= 15 is 0 Å². The second-order valence-corrected chi connectivity index (χ2v) is 6.92. The van der Waals surface area contributed by atoms with Crippen LogP contribution in [0.25, 0.3) is 0 Å². The van der Waals surface area contributed by atoms with Crippen molar-refractivity contribution in [3.63, 3.8) is 0 Å². The van der Waals surface area contributed by atoms with Gasteiger partial charge in [-0.2, -0.15) is 0 Å². The standard InChI is InChI=1S/C23H23N3O4/c1-15-12-20(16(2)26(15)13-17-6-4-3-5-7-17)23(29)30-14-21(27)25-19-10-8-18(9-11-19)22(24)28/h3-12H,13-14H2,1-2H3,(H2,24,28)(H,25,27). The molecule has 1 heterocycles. The highest BCUT2D eigenvalue weighted by molar-refractivity contribution is 5.97. The van der Waals surface area contributed by atoms with Crippen LogP contribution in [0.15, 0.2) is 60.7 Å². The molecule has 0 atom stereocenters. The van der Waals surface area contributed by atoms with Crippen molar-refractivity contribution in [3.8, 4) is 0 Å². The lowest BCUT2D eigenvalue weighted by molar-refractivity contribution is -0.119. The highest BCUT2D eigenvalue weighted by Crippen LogP contribution is 2.18. The number of carbonyl (C=O) groups excluding carboxylic acids is 3. The molecule has 3 aromatic rings. The molecule has 154 valence electrons. The van der Waals surface area contributed by atoms with Gasteiger partial charge < -0.3 is 20.4 Å². The predicted molar refractivity (Wildman–Crippen MR) is 113 cm³/mol. The Balaban J connectivity index is 1.60. The van der Waals surface area contributed by atoms with Gasteiger partial charge >= 0.3 is 5.97 Å². The number of nitrogens with two attached hydrogens (primary N) is 1. The first-order chi connectivity index (χ1) is 14.3. The fourth-order valence-electron chi connectivity index (χ4n) is 3.14. The number of hydrogen-bond acceptors (Lipinski definition) is 4. The normalized spacial score (nSPS) is 10.5. The van der Waals surface area contributed by atoms with Gasteiger partial charge in [-0.3, -0.25) is 9.59 Å². The van der Waals surface area contributed by atoms with Crippen LogP contribution in [-0.4, -0.2) is 29.0 Å². The number of hydrogen-bond donors (Lipinski definition) is 2. The maximum absolute atomic E-state index is 12.5. The summed E-state index contributed by atoms with van der Waals surface area (Å²) in [5.74, 6) is -1.58. The van der Waals surface area contributed by atoms with E-state index in [1.54, 1.807) is 18.2 Å². The molecule has 0 aliphatic heterocycles. The number of esters is 1. The van der Waals surface area contributed by atoms with Gasteiger partial charge in [-0.05, 0) is 49.7 Å². The first-order valence-corrected chi connectivity index (χ1v) is 9.42. The van der Waals surface area contributed by atoms with Gasteiger partial charge in [0.2, 0.25) is 5.91 Å². The van der Waals surface area contributed by atoms with Gasteiger partial charge in [-0.25, -0.2) is 4.79 Å². The van der Waals surface area contributed by atoms with Crippen molar-refractivity contribution in [1.82, 2.24) is 4.57 Å². The van der Waals surface area contributed by atoms with E-state index < -0.39 is 24.4 Å². The Morgan fingerprint density at radius 3 is 2.30 bits per heavy atom. The summed E-state index contributed by atoms with van der Waals surface area (Å²) in [7, 11) is 0. The highest BCUT2D eigenvalue weighted by atomic mass is 16.5. The largest absolute Gasteiger partial charge is 0.452 e. The lowest BCUT2D eigenvalue weighted by atomic mass is 10.2. The Hall–Kier alpha value is -3.87. The summed E-state index contributed by atoms with van der Waals surface area (Å²) >= 11 is 0. The second-order valence-electron chi connectivity index (χ2n) is 6.92. The molecule has 3 rings (SSSR count). The van der Waals surface area contributed by atoms with Crippen molar-refractivity contribution < 1.29 is 19.1 Å². The van der Waals surface area contributed by atoms with E-state index in [2.05, 4.69) is 5.32 Å². The number of carbonyl (C=O) groups is 3. The van der Waals surface area contributed by atoms with Gasteiger partial charge in [0.1, 0.15) is 0 Å². The van der Waals surface area contributed by atoms with Gasteiger partial charge in [0.15, 0.2) is 6.61 Å². The van der Waals surface area contributed by atoms with Crippen LogP contribution in [0, 0.1) is 13.8 Å². The third kappa shape index (κ3) is 4.94. The highest BCUT2D eigenvalue weighted by Gasteiger charge is 2.18. The molecule has 0 aliphatic rings. The van der Waals surface area contributed by atoms with Crippen LogP contribution in [0.5, 0.6) is 0 Å². The van der Waals surface area contributed by atoms with Gasteiger partial charge in [0.25, 0.3) is 5.91 Å². The van der Waals surface area contributed by atoms with Gasteiger partial charge in [-0.1, -0.05) is 30.3 Å². The first-order valence-electron chi connectivity index (χ1n) is 9.42. The van der Waals surface area contributed by atoms with E-state index in [9.17, 15) is 14.4 Å². The summed E-state index contributed by atoms with van der Waals surface area (Å²) in [6.07, 6.45) is 0. The number of anilines is 1. The van der Waals surface area contributed by atoms with Crippen molar-refractivity contribution in [2.75, 3.05) is 11.9 Å². The maximum atomic E-state index is 12.5. The zero-order chi connectivity index (χ0) is 21.7. The third-order valence-corrected chi connectivity index (χ3v) is 4.76. The smallest absolute Gasteiger partial charge is 0.340 e. The Bertz CT molecular complexity index is 1070. The minimum atomic E-state index is -0.554. The Morgan fingerprint density at radius 2 is 1.67 bits per heavy atom. The molecule has 0 bridgehead atoms. The molecule has 7 heteroatoms. The molecule has 0 unspecified atom stereocenters. The summed E-state index contributed by atoms with van der Waals surface area (Å²) in [6.45, 7) is 4.01. The summed E-state index contributed by atoms with van der Waals surface area (Å²) in [5, 5.41) is 2.61. The predicted octanol–water partition coefficient (Wildman–Crippen LogP) is 3.05. The first kappa shape index (κ1) is 20.9. The number of rotatable bonds is 7. The summed E-state index contributed by atoms with van der Waals surface area (Å²) in [6, 6.07) is 17.8. The molecule has 0 saturated carbocycles. The molecule has 2 amide bonds. The Morgan fingerprint density at radius 1 is 1.00 bits per heavy atom. The minimum absolute atomic E-state index is 0.338. The summed E-state index contributed by atoms with van der Waals surface area (Å²) in [5.41, 5.74) is 9.27. The Labute approximate surface area is 174 Å². The zero-order valence-electron chi connectivity index (χ0n) is 16.8. The average molecular weight is 405 g/mol. The van der Waals surface area contributed by atoms with E-state index in [0.717, 1.165) is 17.0 Å². The molecule has 0 saturated heterocycles. The lowest BCUT2D eigenvalue weighted by Crippen LogP contribution is -2.21. The fraction of sp³-hybridized carbons (Fsp3) is 0.174. The topological polar surface area (TPSA) is 103 Å². The van der Waals surface area contributed by atoms with Crippen LogP contribution in [0.2, 0.25) is 0 Å². The van der Waals surface area contributed by atoms with Gasteiger partial charge in [0.05, 0.1) is 5.56 Å².